The van der Waals surface area contributed by atoms with Crippen LogP contribution in [0.4, 0.5) is 0 Å². The average Bonchev–Trinajstić information content (AvgIpc) is 2.65. The number of carbonyl (C=O) groups excluding carboxylic acids is 2. The van der Waals surface area contributed by atoms with Crippen LogP contribution < -0.4 is 4.74 Å². The summed E-state index contributed by atoms with van der Waals surface area (Å²) < 4.78 is 34.5. The lowest BCUT2D eigenvalue weighted by atomic mass is 10.1. The summed E-state index contributed by atoms with van der Waals surface area (Å²) >= 11 is 0. The lowest BCUT2D eigenvalue weighted by Crippen LogP contribution is -2.23. The number of hydrogen-bond acceptors (Lipinski definition) is 6. The van der Waals surface area contributed by atoms with Crippen molar-refractivity contribution in [3.63, 3.8) is 0 Å². The van der Waals surface area contributed by atoms with Crippen LogP contribution in [0.3, 0.4) is 0 Å². The Morgan fingerprint density at radius 3 is 2.48 bits per heavy atom. The number of fused-ring (bicyclic) bond motifs is 1. The van der Waals surface area contributed by atoms with Crippen LogP contribution in [0, 0.1) is 0 Å². The Labute approximate surface area is 122 Å². The fraction of sp³-hybridized carbons (Fsp3) is 0.286. The number of carbonyl (C=O) groups is 2. The second-order valence-electron chi connectivity index (χ2n) is 4.37. The van der Waals surface area contributed by atoms with Gasteiger partial charge >= 0.3 is 5.97 Å². The van der Waals surface area contributed by atoms with Crippen molar-refractivity contribution in [1.29, 1.82) is 0 Å². The van der Waals surface area contributed by atoms with Gasteiger partial charge < -0.3 is 9.47 Å². The van der Waals surface area contributed by atoms with Gasteiger partial charge in [-0.3, -0.25) is 4.79 Å². The summed E-state index contributed by atoms with van der Waals surface area (Å²) in [7, 11) is -2.56. The van der Waals surface area contributed by atoms with Crippen molar-refractivity contribution >= 4 is 27.2 Å². The lowest BCUT2D eigenvalue weighted by Gasteiger charge is -2.04. The highest BCUT2D eigenvalue weighted by molar-refractivity contribution is 7.97. The summed E-state index contributed by atoms with van der Waals surface area (Å²) in [5, 5.41) is 0. The molecule has 0 radical (unpaired) electrons. The summed E-state index contributed by atoms with van der Waals surface area (Å²) in [6.45, 7) is 3.02. The van der Waals surface area contributed by atoms with Crippen molar-refractivity contribution in [2.45, 2.75) is 18.7 Å². The van der Waals surface area contributed by atoms with Crippen LogP contribution in [0.15, 0.2) is 28.0 Å². The number of methoxy groups -OCH3 is 1. The number of Topliss-reactive ketones (excluding diaryl/α,β-unsaturated/α-hetero) is 1. The lowest BCUT2D eigenvalue weighted by molar-refractivity contribution is -0.151. The third-order valence-electron chi connectivity index (χ3n) is 3.16. The molecule has 21 heavy (non-hydrogen) atoms. The van der Waals surface area contributed by atoms with Gasteiger partial charge in [-0.1, -0.05) is 0 Å². The minimum atomic E-state index is -4.01. The summed E-state index contributed by atoms with van der Waals surface area (Å²) in [5.74, 6) is -1.85. The number of allylic oxidation sites excluding steroid dienone is 1. The van der Waals surface area contributed by atoms with Gasteiger partial charge in [-0.05, 0) is 37.6 Å². The van der Waals surface area contributed by atoms with E-state index in [-0.39, 0.29) is 17.1 Å². The van der Waals surface area contributed by atoms with Crippen molar-refractivity contribution in [2.75, 3.05) is 13.7 Å². The smallest absolute Gasteiger partial charge is 0.380 e. The fourth-order valence-electron chi connectivity index (χ4n) is 2.18. The standard InChI is InChI=1S/C14H14O6S/c1-4-20-14(16)12(15)13-8(2)10-7-9(19-3)5-6-11(10)21(13,17)18/h5-7H,4H2,1-3H3. The first kappa shape index (κ1) is 15.2. The van der Waals surface area contributed by atoms with E-state index in [0.29, 0.717) is 11.3 Å². The van der Waals surface area contributed by atoms with E-state index >= 15 is 0 Å². The van der Waals surface area contributed by atoms with Crippen LogP contribution in [0.1, 0.15) is 19.4 Å². The van der Waals surface area contributed by atoms with Crippen molar-refractivity contribution in [3.05, 3.63) is 28.7 Å². The number of rotatable bonds is 4. The Bertz CT molecular complexity index is 758. The van der Waals surface area contributed by atoms with Crippen molar-refractivity contribution in [2.24, 2.45) is 0 Å². The first-order valence-corrected chi connectivity index (χ1v) is 7.68. The van der Waals surface area contributed by atoms with Crippen LogP contribution >= 0.6 is 0 Å². The molecule has 2 rings (SSSR count). The van der Waals surface area contributed by atoms with Crippen LogP contribution in [0.5, 0.6) is 5.75 Å². The van der Waals surface area contributed by atoms with E-state index in [1.807, 2.05) is 0 Å². The number of esters is 1. The molecule has 0 N–H and O–H groups in total. The zero-order valence-electron chi connectivity index (χ0n) is 11.8. The molecular formula is C14H14O6S. The highest BCUT2D eigenvalue weighted by Crippen LogP contribution is 2.40. The zero-order chi connectivity index (χ0) is 15.8. The van der Waals surface area contributed by atoms with E-state index in [2.05, 4.69) is 4.74 Å². The molecule has 0 bridgehead atoms. The quantitative estimate of drug-likeness (QED) is 0.616. The Balaban J connectivity index is 2.60. The molecule has 0 saturated carbocycles. The highest BCUT2D eigenvalue weighted by Gasteiger charge is 2.41. The Morgan fingerprint density at radius 1 is 1.24 bits per heavy atom. The predicted octanol–water partition coefficient (Wildman–Crippen LogP) is 1.35. The van der Waals surface area contributed by atoms with E-state index in [9.17, 15) is 18.0 Å². The first-order valence-electron chi connectivity index (χ1n) is 6.20. The van der Waals surface area contributed by atoms with Gasteiger partial charge in [0.1, 0.15) is 10.7 Å². The average molecular weight is 310 g/mol. The molecule has 6 nitrogen and oxygen atoms in total. The minimum absolute atomic E-state index is 0.00226. The van der Waals surface area contributed by atoms with E-state index in [1.165, 1.54) is 39.2 Å². The topological polar surface area (TPSA) is 86.7 Å². The van der Waals surface area contributed by atoms with E-state index in [4.69, 9.17) is 4.74 Å². The van der Waals surface area contributed by atoms with Gasteiger partial charge in [0.05, 0.1) is 18.6 Å². The van der Waals surface area contributed by atoms with Crippen LogP contribution in [0.25, 0.3) is 5.57 Å². The van der Waals surface area contributed by atoms with E-state index in [0.717, 1.165) is 0 Å². The van der Waals surface area contributed by atoms with Crippen molar-refractivity contribution < 1.29 is 27.5 Å². The Morgan fingerprint density at radius 2 is 1.90 bits per heavy atom. The molecule has 0 spiro atoms. The van der Waals surface area contributed by atoms with Crippen molar-refractivity contribution in [1.82, 2.24) is 0 Å². The molecule has 112 valence electrons. The molecule has 1 aromatic rings. The zero-order valence-corrected chi connectivity index (χ0v) is 12.6. The molecule has 0 unspecified atom stereocenters. The second-order valence-corrected chi connectivity index (χ2v) is 6.22. The number of hydrogen-bond donors (Lipinski definition) is 0. The molecule has 7 heteroatoms. The van der Waals surface area contributed by atoms with E-state index in [1.54, 1.807) is 0 Å². The number of ether oxygens (including phenoxy) is 2. The maximum absolute atomic E-state index is 12.4. The third-order valence-corrected chi connectivity index (χ3v) is 5.12. The number of ketones is 1. The Hall–Kier alpha value is -2.15. The van der Waals surface area contributed by atoms with Crippen molar-refractivity contribution in [3.8, 4) is 5.75 Å². The van der Waals surface area contributed by atoms with Gasteiger partial charge in [-0.25, -0.2) is 13.2 Å². The normalized spacial score (nSPS) is 15.6. The van der Waals surface area contributed by atoms with Gasteiger partial charge in [0.15, 0.2) is 0 Å². The summed E-state index contributed by atoms with van der Waals surface area (Å²) in [4.78, 5) is 23.1. The summed E-state index contributed by atoms with van der Waals surface area (Å²) in [5.41, 5.74) is 0.587. The largest absolute Gasteiger partial charge is 0.497 e. The summed E-state index contributed by atoms with van der Waals surface area (Å²) in [6, 6.07) is 4.37. The number of benzene rings is 1. The molecule has 1 aliphatic heterocycles. The molecule has 0 atom stereocenters. The minimum Gasteiger partial charge on any atom is -0.497 e. The molecule has 1 heterocycles. The molecule has 0 saturated heterocycles. The maximum Gasteiger partial charge on any atom is 0.380 e. The van der Waals surface area contributed by atoms with Gasteiger partial charge in [-0.15, -0.1) is 0 Å². The van der Waals surface area contributed by atoms with E-state index < -0.39 is 26.5 Å². The van der Waals surface area contributed by atoms with Gasteiger partial charge in [0.25, 0.3) is 5.78 Å². The third kappa shape index (κ3) is 2.33. The number of sulfone groups is 1. The SMILES string of the molecule is CCOC(=O)C(=O)C1=C(C)c2cc(OC)ccc2S1(=O)=O. The molecule has 0 amide bonds. The molecule has 0 fully saturated rings. The summed E-state index contributed by atoms with van der Waals surface area (Å²) in [6.07, 6.45) is 0. The van der Waals surface area contributed by atoms with Crippen LogP contribution in [-0.2, 0) is 24.2 Å². The predicted molar refractivity (Wildman–Crippen MR) is 74.4 cm³/mol. The first-order chi connectivity index (χ1) is 9.84. The molecule has 0 aromatic heterocycles. The maximum atomic E-state index is 12.4. The van der Waals surface area contributed by atoms with Gasteiger partial charge in [0.2, 0.25) is 9.84 Å². The van der Waals surface area contributed by atoms with Gasteiger partial charge in [-0.2, -0.15) is 0 Å². The monoisotopic (exact) mass is 310 g/mol. The molecule has 0 aliphatic carbocycles. The molecule has 1 aromatic carbocycles. The molecular weight excluding hydrogens is 296 g/mol. The van der Waals surface area contributed by atoms with Crippen LogP contribution in [-0.4, -0.2) is 33.9 Å². The second kappa shape index (κ2) is 5.33. The van der Waals surface area contributed by atoms with Gasteiger partial charge in [0, 0.05) is 5.56 Å². The van der Waals surface area contributed by atoms with Crippen LogP contribution in [0.2, 0.25) is 0 Å². The molecule has 1 aliphatic rings. The Kier molecular flexibility index (Phi) is 3.87. The fourth-order valence-corrected chi connectivity index (χ4v) is 3.99. The highest BCUT2D eigenvalue weighted by atomic mass is 32.2.